The molecule has 1 aromatic carbocycles. The van der Waals surface area contributed by atoms with Crippen molar-refractivity contribution in [3.05, 3.63) is 29.6 Å². The van der Waals surface area contributed by atoms with Gasteiger partial charge in [-0.05, 0) is 17.7 Å². The molecule has 2 atom stereocenters. The summed E-state index contributed by atoms with van der Waals surface area (Å²) in [4.78, 5) is -0.107. The third-order valence-electron chi connectivity index (χ3n) is 3.58. The zero-order valence-electron chi connectivity index (χ0n) is 11.8. The number of sulfonamides is 1. The Hall–Kier alpha value is -0.730. The minimum atomic E-state index is -3.84. The Labute approximate surface area is 128 Å². The van der Waals surface area contributed by atoms with Gasteiger partial charge >= 0.3 is 0 Å². The first-order chi connectivity index (χ1) is 9.93. The van der Waals surface area contributed by atoms with Gasteiger partial charge in [-0.15, -0.1) is 11.6 Å². The Balaban J connectivity index is 2.37. The van der Waals surface area contributed by atoms with E-state index in [0.717, 1.165) is 6.07 Å². The zero-order valence-corrected chi connectivity index (χ0v) is 13.3. The van der Waals surface area contributed by atoms with E-state index in [2.05, 4.69) is 0 Å². The third-order valence-corrected chi connectivity index (χ3v) is 5.78. The van der Waals surface area contributed by atoms with E-state index < -0.39 is 15.8 Å². The molecule has 1 aliphatic heterocycles. The molecule has 0 radical (unpaired) electrons. The molecule has 0 spiro atoms. The highest BCUT2D eigenvalue weighted by atomic mass is 35.5. The molecular formula is C13H17ClFNO4S. The average molecular weight is 338 g/mol. The predicted molar refractivity (Wildman–Crippen MR) is 76.3 cm³/mol. The molecule has 2 unspecified atom stereocenters. The topological polar surface area (TPSA) is 55.8 Å². The summed E-state index contributed by atoms with van der Waals surface area (Å²) in [5, 5.41) is 0. The minimum Gasteiger partial charge on any atom is -0.377 e. The Kier molecular flexibility index (Phi) is 5.21. The molecule has 2 rings (SSSR count). The maximum atomic E-state index is 13.4. The van der Waals surface area contributed by atoms with Gasteiger partial charge in [-0.3, -0.25) is 0 Å². The number of halogens is 2. The van der Waals surface area contributed by atoms with Crippen LogP contribution in [-0.4, -0.2) is 52.2 Å². The third kappa shape index (κ3) is 3.22. The molecule has 1 aromatic rings. The quantitative estimate of drug-likeness (QED) is 0.766. The van der Waals surface area contributed by atoms with Crippen LogP contribution in [0.5, 0.6) is 0 Å². The number of rotatable bonds is 5. The Morgan fingerprint density at radius 1 is 1.29 bits per heavy atom. The first-order valence-corrected chi connectivity index (χ1v) is 8.31. The summed E-state index contributed by atoms with van der Waals surface area (Å²) in [6, 6.07) is 3.57. The zero-order chi connectivity index (χ0) is 15.6. The SMILES string of the molecule is COC1CN(S(=O)(=O)c2cc(F)ccc2CCl)CC1OC. The molecule has 0 bridgehead atoms. The van der Waals surface area contributed by atoms with Gasteiger partial charge in [0.25, 0.3) is 0 Å². The Morgan fingerprint density at radius 3 is 2.33 bits per heavy atom. The lowest BCUT2D eigenvalue weighted by Gasteiger charge is -2.18. The van der Waals surface area contributed by atoms with E-state index in [1.807, 2.05) is 0 Å². The molecule has 0 saturated carbocycles. The molecule has 0 N–H and O–H groups in total. The molecule has 0 amide bonds. The van der Waals surface area contributed by atoms with Gasteiger partial charge in [-0.2, -0.15) is 4.31 Å². The van der Waals surface area contributed by atoms with Crippen molar-refractivity contribution in [1.29, 1.82) is 0 Å². The van der Waals surface area contributed by atoms with E-state index in [1.54, 1.807) is 0 Å². The van der Waals surface area contributed by atoms with E-state index >= 15 is 0 Å². The fraction of sp³-hybridized carbons (Fsp3) is 0.538. The molecule has 1 aliphatic rings. The van der Waals surface area contributed by atoms with Crippen molar-refractivity contribution < 1.29 is 22.3 Å². The number of hydrogen-bond acceptors (Lipinski definition) is 4. The first-order valence-electron chi connectivity index (χ1n) is 6.34. The van der Waals surface area contributed by atoms with Crippen molar-refractivity contribution in [1.82, 2.24) is 4.31 Å². The van der Waals surface area contributed by atoms with E-state index in [0.29, 0.717) is 5.56 Å². The second-order valence-electron chi connectivity index (χ2n) is 4.76. The van der Waals surface area contributed by atoms with Crippen molar-refractivity contribution in [2.45, 2.75) is 23.0 Å². The summed E-state index contributed by atoms with van der Waals surface area (Å²) in [7, 11) is -0.843. The van der Waals surface area contributed by atoms with Crippen molar-refractivity contribution in [3.63, 3.8) is 0 Å². The molecular weight excluding hydrogens is 321 g/mol. The molecule has 1 fully saturated rings. The summed E-state index contributed by atoms with van der Waals surface area (Å²) in [6.07, 6.45) is -0.699. The first kappa shape index (κ1) is 16.6. The van der Waals surface area contributed by atoms with Gasteiger partial charge in [0.05, 0.1) is 17.1 Å². The smallest absolute Gasteiger partial charge is 0.243 e. The van der Waals surface area contributed by atoms with Crippen LogP contribution in [0.4, 0.5) is 4.39 Å². The summed E-state index contributed by atoms with van der Waals surface area (Å²) in [5.41, 5.74) is 0.368. The van der Waals surface area contributed by atoms with Crippen LogP contribution in [0.1, 0.15) is 5.56 Å². The fourth-order valence-electron chi connectivity index (χ4n) is 2.38. The summed E-state index contributed by atoms with van der Waals surface area (Å²) in [6.45, 7) is 0.325. The molecule has 21 heavy (non-hydrogen) atoms. The van der Waals surface area contributed by atoms with Crippen LogP contribution < -0.4 is 0 Å². The van der Waals surface area contributed by atoms with Crippen LogP contribution in [-0.2, 0) is 25.4 Å². The number of methoxy groups -OCH3 is 2. The number of hydrogen-bond donors (Lipinski definition) is 0. The van der Waals surface area contributed by atoms with Crippen LogP contribution in [0.15, 0.2) is 23.1 Å². The van der Waals surface area contributed by atoms with Gasteiger partial charge in [0.15, 0.2) is 0 Å². The average Bonchev–Trinajstić information content (AvgIpc) is 2.91. The normalized spacial score (nSPS) is 23.6. The Bertz CT molecular complexity index is 598. The van der Waals surface area contributed by atoms with E-state index in [9.17, 15) is 12.8 Å². The predicted octanol–water partition coefficient (Wildman–Crippen LogP) is 1.60. The van der Waals surface area contributed by atoms with Crippen molar-refractivity contribution >= 4 is 21.6 Å². The maximum Gasteiger partial charge on any atom is 0.243 e. The van der Waals surface area contributed by atoms with E-state index in [-0.39, 0.29) is 36.1 Å². The van der Waals surface area contributed by atoms with Crippen LogP contribution in [0.3, 0.4) is 0 Å². The van der Waals surface area contributed by atoms with Crippen LogP contribution >= 0.6 is 11.6 Å². The molecule has 0 aliphatic carbocycles. The highest BCUT2D eigenvalue weighted by Crippen LogP contribution is 2.27. The Morgan fingerprint density at radius 2 is 1.86 bits per heavy atom. The van der Waals surface area contributed by atoms with Crippen LogP contribution in [0.2, 0.25) is 0 Å². The number of ether oxygens (including phenoxy) is 2. The van der Waals surface area contributed by atoms with Gasteiger partial charge in [0, 0.05) is 33.2 Å². The van der Waals surface area contributed by atoms with E-state index in [4.69, 9.17) is 21.1 Å². The molecule has 118 valence electrons. The lowest BCUT2D eigenvalue weighted by Crippen LogP contribution is -2.31. The van der Waals surface area contributed by atoms with Gasteiger partial charge in [0.2, 0.25) is 10.0 Å². The molecule has 0 aromatic heterocycles. The molecule has 5 nitrogen and oxygen atoms in total. The van der Waals surface area contributed by atoms with Crippen molar-refractivity contribution in [2.75, 3.05) is 27.3 Å². The standard InChI is InChI=1S/C13H17ClFNO4S/c1-19-11-7-16(8-12(11)20-2)21(17,18)13-5-10(15)4-3-9(13)6-14/h3-5,11-12H,6-8H2,1-2H3. The lowest BCUT2D eigenvalue weighted by atomic mass is 10.2. The molecule has 8 heteroatoms. The van der Waals surface area contributed by atoms with Gasteiger partial charge < -0.3 is 9.47 Å². The largest absolute Gasteiger partial charge is 0.377 e. The number of benzene rings is 1. The van der Waals surface area contributed by atoms with Gasteiger partial charge in [-0.25, -0.2) is 12.8 Å². The van der Waals surface area contributed by atoms with Gasteiger partial charge in [-0.1, -0.05) is 6.07 Å². The second-order valence-corrected chi connectivity index (χ2v) is 6.93. The van der Waals surface area contributed by atoms with Crippen LogP contribution in [0, 0.1) is 5.82 Å². The fourth-order valence-corrected chi connectivity index (χ4v) is 4.39. The highest BCUT2D eigenvalue weighted by Gasteiger charge is 2.40. The number of alkyl halides is 1. The maximum absolute atomic E-state index is 13.4. The lowest BCUT2D eigenvalue weighted by molar-refractivity contribution is -0.00461. The summed E-state index contributed by atoms with van der Waals surface area (Å²) >= 11 is 5.75. The van der Waals surface area contributed by atoms with Crippen LogP contribution in [0.25, 0.3) is 0 Å². The second kappa shape index (κ2) is 6.58. The summed E-state index contributed by atoms with van der Waals surface area (Å²) in [5.74, 6) is -0.627. The van der Waals surface area contributed by atoms with Gasteiger partial charge in [0.1, 0.15) is 5.82 Å². The molecule has 1 saturated heterocycles. The monoisotopic (exact) mass is 337 g/mol. The van der Waals surface area contributed by atoms with Crippen molar-refractivity contribution in [2.24, 2.45) is 0 Å². The summed E-state index contributed by atoms with van der Waals surface area (Å²) < 4.78 is 50.5. The van der Waals surface area contributed by atoms with E-state index in [1.165, 1.54) is 30.7 Å². The van der Waals surface area contributed by atoms with Crippen molar-refractivity contribution in [3.8, 4) is 0 Å². The minimum absolute atomic E-state index is 0.00983. The molecule has 1 heterocycles. The highest BCUT2D eigenvalue weighted by molar-refractivity contribution is 7.89. The number of nitrogens with zero attached hydrogens (tertiary/aromatic N) is 1.